The Morgan fingerprint density at radius 3 is 2.50 bits per heavy atom. The molecule has 60 valence electrons. The summed E-state index contributed by atoms with van der Waals surface area (Å²) >= 11 is 0. The molecule has 0 aromatic heterocycles. The zero-order valence-electron chi connectivity index (χ0n) is 6.45. The molecule has 3 heteroatoms. The fraction of sp³-hybridized carbons (Fsp3) is 1.00. The van der Waals surface area contributed by atoms with Crippen LogP contribution in [0.25, 0.3) is 0 Å². The third kappa shape index (κ3) is 1.48. The van der Waals surface area contributed by atoms with Gasteiger partial charge in [-0.3, -0.25) is 0 Å². The van der Waals surface area contributed by atoms with E-state index in [-0.39, 0.29) is 24.4 Å². The molecular weight excluding hydrogens is 130 g/mol. The quantitative estimate of drug-likeness (QED) is 0.540. The van der Waals surface area contributed by atoms with Gasteiger partial charge in [-0.25, -0.2) is 0 Å². The number of hydrogen-bond acceptors (Lipinski definition) is 3. The van der Waals surface area contributed by atoms with Crippen molar-refractivity contribution in [3.8, 4) is 0 Å². The van der Waals surface area contributed by atoms with E-state index in [2.05, 4.69) is 0 Å². The molecule has 1 fully saturated rings. The second-order valence-corrected chi connectivity index (χ2v) is 3.07. The SMILES string of the molecule is CC1CC(O)C(C(C)N)O1. The predicted octanol–water partition coefficient (Wildman–Crippen LogP) is -0.128. The molecule has 4 unspecified atom stereocenters. The number of rotatable bonds is 1. The van der Waals surface area contributed by atoms with E-state index in [0.717, 1.165) is 0 Å². The third-order valence-electron chi connectivity index (χ3n) is 1.86. The minimum Gasteiger partial charge on any atom is -0.390 e. The van der Waals surface area contributed by atoms with Crippen LogP contribution in [-0.4, -0.2) is 29.5 Å². The van der Waals surface area contributed by atoms with Gasteiger partial charge in [-0.2, -0.15) is 0 Å². The van der Waals surface area contributed by atoms with Crippen LogP contribution in [0.4, 0.5) is 0 Å². The van der Waals surface area contributed by atoms with Gasteiger partial charge in [0.05, 0.1) is 18.3 Å². The van der Waals surface area contributed by atoms with Gasteiger partial charge in [0.1, 0.15) is 0 Å². The van der Waals surface area contributed by atoms with Gasteiger partial charge >= 0.3 is 0 Å². The first-order valence-electron chi connectivity index (χ1n) is 3.70. The highest BCUT2D eigenvalue weighted by atomic mass is 16.5. The van der Waals surface area contributed by atoms with Gasteiger partial charge in [-0.1, -0.05) is 0 Å². The molecule has 1 heterocycles. The van der Waals surface area contributed by atoms with E-state index in [1.54, 1.807) is 0 Å². The van der Waals surface area contributed by atoms with E-state index < -0.39 is 0 Å². The average molecular weight is 145 g/mol. The molecule has 1 saturated heterocycles. The van der Waals surface area contributed by atoms with Crippen LogP contribution in [0.1, 0.15) is 20.3 Å². The van der Waals surface area contributed by atoms with Crippen molar-refractivity contribution in [1.29, 1.82) is 0 Å². The summed E-state index contributed by atoms with van der Waals surface area (Å²) in [6.45, 7) is 3.80. The highest BCUT2D eigenvalue weighted by Crippen LogP contribution is 2.21. The lowest BCUT2D eigenvalue weighted by Crippen LogP contribution is -2.38. The number of hydrogen-bond donors (Lipinski definition) is 2. The number of nitrogens with two attached hydrogens (primary N) is 1. The number of aliphatic hydroxyl groups excluding tert-OH is 1. The fourth-order valence-electron chi connectivity index (χ4n) is 1.36. The van der Waals surface area contributed by atoms with E-state index in [4.69, 9.17) is 10.5 Å². The van der Waals surface area contributed by atoms with Crippen molar-refractivity contribution in [3.05, 3.63) is 0 Å². The zero-order valence-corrected chi connectivity index (χ0v) is 6.45. The van der Waals surface area contributed by atoms with Crippen LogP contribution in [0.15, 0.2) is 0 Å². The lowest BCUT2D eigenvalue weighted by Gasteiger charge is -2.17. The lowest BCUT2D eigenvalue weighted by molar-refractivity contribution is 0.00423. The van der Waals surface area contributed by atoms with Crippen LogP contribution in [0.5, 0.6) is 0 Å². The predicted molar refractivity (Wildman–Crippen MR) is 38.6 cm³/mol. The molecule has 0 bridgehead atoms. The van der Waals surface area contributed by atoms with Crippen molar-refractivity contribution in [3.63, 3.8) is 0 Å². The molecule has 1 aliphatic rings. The first-order valence-corrected chi connectivity index (χ1v) is 3.70. The topological polar surface area (TPSA) is 55.5 Å². The molecule has 0 aliphatic carbocycles. The average Bonchev–Trinajstić information content (AvgIpc) is 2.10. The summed E-state index contributed by atoms with van der Waals surface area (Å²) in [5, 5.41) is 9.32. The Balaban J connectivity index is 2.46. The highest BCUT2D eigenvalue weighted by Gasteiger charge is 2.33. The first-order chi connectivity index (χ1) is 4.61. The zero-order chi connectivity index (χ0) is 7.72. The molecule has 0 spiro atoms. The minimum atomic E-state index is -0.366. The molecule has 1 rings (SSSR count). The van der Waals surface area contributed by atoms with Crippen LogP contribution in [0.2, 0.25) is 0 Å². The second-order valence-electron chi connectivity index (χ2n) is 3.07. The Morgan fingerprint density at radius 1 is 1.70 bits per heavy atom. The van der Waals surface area contributed by atoms with Crippen molar-refractivity contribution < 1.29 is 9.84 Å². The van der Waals surface area contributed by atoms with Gasteiger partial charge in [0.2, 0.25) is 0 Å². The van der Waals surface area contributed by atoms with Gasteiger partial charge in [0.15, 0.2) is 0 Å². The van der Waals surface area contributed by atoms with Crippen molar-refractivity contribution in [2.24, 2.45) is 5.73 Å². The molecular formula is C7H15NO2. The molecule has 1 aliphatic heterocycles. The maximum Gasteiger partial charge on any atom is 0.0986 e. The van der Waals surface area contributed by atoms with Gasteiger partial charge in [-0.15, -0.1) is 0 Å². The van der Waals surface area contributed by atoms with Gasteiger partial charge < -0.3 is 15.6 Å². The van der Waals surface area contributed by atoms with E-state index in [1.807, 2.05) is 13.8 Å². The van der Waals surface area contributed by atoms with Crippen LogP contribution >= 0.6 is 0 Å². The van der Waals surface area contributed by atoms with Crippen molar-refractivity contribution in [2.45, 2.75) is 44.6 Å². The maximum atomic E-state index is 9.32. The van der Waals surface area contributed by atoms with Crippen molar-refractivity contribution in [1.82, 2.24) is 0 Å². The van der Waals surface area contributed by atoms with Crippen molar-refractivity contribution >= 4 is 0 Å². The van der Waals surface area contributed by atoms with Gasteiger partial charge in [0, 0.05) is 12.5 Å². The molecule has 10 heavy (non-hydrogen) atoms. The Hall–Kier alpha value is -0.120. The second kappa shape index (κ2) is 2.86. The molecule has 0 amide bonds. The lowest BCUT2D eigenvalue weighted by atomic mass is 10.1. The van der Waals surface area contributed by atoms with Gasteiger partial charge in [-0.05, 0) is 13.8 Å². The summed E-state index contributed by atoms with van der Waals surface area (Å²) in [7, 11) is 0. The third-order valence-corrected chi connectivity index (χ3v) is 1.86. The number of aliphatic hydroxyl groups is 1. The van der Waals surface area contributed by atoms with Crippen molar-refractivity contribution in [2.75, 3.05) is 0 Å². The summed E-state index contributed by atoms with van der Waals surface area (Å²) in [4.78, 5) is 0. The van der Waals surface area contributed by atoms with Crippen LogP contribution in [-0.2, 0) is 4.74 Å². The Morgan fingerprint density at radius 2 is 2.30 bits per heavy atom. The smallest absolute Gasteiger partial charge is 0.0986 e. The van der Waals surface area contributed by atoms with E-state index >= 15 is 0 Å². The van der Waals surface area contributed by atoms with E-state index in [0.29, 0.717) is 6.42 Å². The molecule has 3 nitrogen and oxygen atoms in total. The van der Waals surface area contributed by atoms with E-state index in [9.17, 15) is 5.11 Å². The monoisotopic (exact) mass is 145 g/mol. The molecule has 0 aromatic rings. The molecule has 0 saturated carbocycles. The molecule has 4 atom stereocenters. The van der Waals surface area contributed by atoms with Crippen LogP contribution < -0.4 is 5.73 Å². The van der Waals surface area contributed by atoms with E-state index in [1.165, 1.54) is 0 Å². The highest BCUT2D eigenvalue weighted by molar-refractivity contribution is 4.85. The summed E-state index contributed by atoms with van der Waals surface area (Å²) in [6, 6.07) is -0.0695. The fourth-order valence-corrected chi connectivity index (χ4v) is 1.36. The normalized spacial score (nSPS) is 43.8. The van der Waals surface area contributed by atoms with Crippen LogP contribution in [0, 0.1) is 0 Å². The molecule has 0 aromatic carbocycles. The summed E-state index contributed by atoms with van der Waals surface area (Å²) in [6.07, 6.45) is 0.350. The Bertz CT molecular complexity index is 116. The summed E-state index contributed by atoms with van der Waals surface area (Å²) in [5.41, 5.74) is 5.57. The summed E-state index contributed by atoms with van der Waals surface area (Å²) in [5.74, 6) is 0. The molecule has 3 N–H and O–H groups in total. The largest absolute Gasteiger partial charge is 0.390 e. The summed E-state index contributed by atoms with van der Waals surface area (Å²) < 4.78 is 5.36. The Kier molecular flexibility index (Phi) is 2.28. The van der Waals surface area contributed by atoms with Gasteiger partial charge in [0.25, 0.3) is 0 Å². The Labute approximate surface area is 61.2 Å². The minimum absolute atomic E-state index is 0.0695. The first kappa shape index (κ1) is 7.98. The number of ether oxygens (including phenoxy) is 1. The molecule has 0 radical (unpaired) electrons. The standard InChI is InChI=1S/C7H15NO2/c1-4-3-6(9)7(10-4)5(2)8/h4-7,9H,3,8H2,1-2H3. The maximum absolute atomic E-state index is 9.32. The van der Waals surface area contributed by atoms with Crippen LogP contribution in [0.3, 0.4) is 0 Å².